The fourth-order valence-corrected chi connectivity index (χ4v) is 1.21. The fourth-order valence-electron chi connectivity index (χ4n) is 1.01. The number of nitrogens with two attached hydrogens (primary N) is 1. The van der Waals surface area contributed by atoms with Crippen LogP contribution in [-0.2, 0) is 11.2 Å². The van der Waals surface area contributed by atoms with Gasteiger partial charge in [0.25, 0.3) is 0 Å². The molecule has 76 valence electrons. The first-order chi connectivity index (χ1) is 6.50. The van der Waals surface area contributed by atoms with Gasteiger partial charge in [-0.1, -0.05) is 17.7 Å². The Labute approximate surface area is 85.3 Å². The first-order valence-electron chi connectivity index (χ1n) is 3.93. The Morgan fingerprint density at radius 2 is 2.29 bits per heavy atom. The molecule has 0 radical (unpaired) electrons. The maximum atomic E-state index is 12.7. The monoisotopic (exact) mass is 217 g/mol. The molecule has 0 unspecified atom stereocenters. The molecule has 0 bridgehead atoms. The molecule has 0 aromatic heterocycles. The largest absolute Gasteiger partial charge is 0.480 e. The van der Waals surface area contributed by atoms with E-state index < -0.39 is 17.8 Å². The predicted molar refractivity (Wildman–Crippen MR) is 50.7 cm³/mol. The van der Waals surface area contributed by atoms with Crippen LogP contribution in [-0.4, -0.2) is 17.1 Å². The summed E-state index contributed by atoms with van der Waals surface area (Å²) in [5.74, 6) is -1.62. The van der Waals surface area contributed by atoms with Gasteiger partial charge in [-0.15, -0.1) is 0 Å². The zero-order chi connectivity index (χ0) is 10.7. The molecule has 0 aliphatic rings. The van der Waals surface area contributed by atoms with Crippen molar-refractivity contribution >= 4 is 17.6 Å². The molecule has 1 atom stereocenters. The highest BCUT2D eigenvalue weighted by atomic mass is 35.5. The number of carbonyl (C=O) groups is 1. The van der Waals surface area contributed by atoms with Crippen molar-refractivity contribution in [3.63, 3.8) is 0 Å². The molecule has 0 fully saturated rings. The van der Waals surface area contributed by atoms with Crippen molar-refractivity contribution in [1.82, 2.24) is 0 Å². The van der Waals surface area contributed by atoms with Gasteiger partial charge in [0.05, 0.1) is 5.02 Å². The Hall–Kier alpha value is -1.13. The van der Waals surface area contributed by atoms with Crippen molar-refractivity contribution in [2.45, 2.75) is 12.5 Å². The van der Waals surface area contributed by atoms with Crippen LogP contribution in [0.25, 0.3) is 0 Å². The van der Waals surface area contributed by atoms with Crippen molar-refractivity contribution in [3.8, 4) is 0 Å². The normalized spacial score (nSPS) is 12.5. The summed E-state index contributed by atoms with van der Waals surface area (Å²) in [6, 6.07) is 3.03. The summed E-state index contributed by atoms with van der Waals surface area (Å²) in [5, 5.41) is 8.51. The molecule has 0 saturated carbocycles. The van der Waals surface area contributed by atoms with Crippen LogP contribution >= 0.6 is 11.6 Å². The number of aliphatic carboxylic acids is 1. The first-order valence-corrected chi connectivity index (χ1v) is 4.31. The second-order valence-corrected chi connectivity index (χ2v) is 3.30. The van der Waals surface area contributed by atoms with Crippen molar-refractivity contribution in [2.75, 3.05) is 0 Å². The minimum Gasteiger partial charge on any atom is -0.480 e. The second kappa shape index (κ2) is 4.39. The first kappa shape index (κ1) is 10.9. The van der Waals surface area contributed by atoms with E-state index in [4.69, 9.17) is 22.4 Å². The minimum absolute atomic E-state index is 0.0277. The highest BCUT2D eigenvalue weighted by Crippen LogP contribution is 2.16. The van der Waals surface area contributed by atoms with Crippen LogP contribution in [0.15, 0.2) is 18.2 Å². The lowest BCUT2D eigenvalue weighted by molar-refractivity contribution is -0.138. The van der Waals surface area contributed by atoms with Gasteiger partial charge in [-0.3, -0.25) is 4.79 Å². The second-order valence-electron chi connectivity index (χ2n) is 2.90. The van der Waals surface area contributed by atoms with Crippen LogP contribution in [0, 0.1) is 5.82 Å². The van der Waals surface area contributed by atoms with Crippen molar-refractivity contribution < 1.29 is 14.3 Å². The van der Waals surface area contributed by atoms with Crippen molar-refractivity contribution in [3.05, 3.63) is 34.6 Å². The highest BCUT2D eigenvalue weighted by molar-refractivity contribution is 6.30. The van der Waals surface area contributed by atoms with Gasteiger partial charge in [0.15, 0.2) is 0 Å². The molecular formula is C9H9ClFNO2. The van der Waals surface area contributed by atoms with E-state index in [-0.39, 0.29) is 11.4 Å². The molecule has 3 nitrogen and oxygen atoms in total. The zero-order valence-electron chi connectivity index (χ0n) is 7.21. The molecule has 0 aliphatic heterocycles. The average Bonchev–Trinajstić information content (AvgIpc) is 2.11. The maximum Gasteiger partial charge on any atom is 0.320 e. The van der Waals surface area contributed by atoms with E-state index in [2.05, 4.69) is 0 Å². The van der Waals surface area contributed by atoms with Gasteiger partial charge in [0, 0.05) is 0 Å². The van der Waals surface area contributed by atoms with Crippen LogP contribution in [0.2, 0.25) is 5.02 Å². The number of carboxylic acids is 1. The van der Waals surface area contributed by atoms with E-state index in [1.165, 1.54) is 18.2 Å². The van der Waals surface area contributed by atoms with Gasteiger partial charge < -0.3 is 10.8 Å². The summed E-state index contributed by atoms with van der Waals surface area (Å²) >= 11 is 5.51. The van der Waals surface area contributed by atoms with Crippen molar-refractivity contribution in [2.24, 2.45) is 5.73 Å². The predicted octanol–water partition coefficient (Wildman–Crippen LogP) is 1.43. The number of benzene rings is 1. The van der Waals surface area contributed by atoms with Crippen LogP contribution in [0.5, 0.6) is 0 Å². The molecule has 3 N–H and O–H groups in total. The molecule has 5 heteroatoms. The molecule has 0 aliphatic carbocycles. The lowest BCUT2D eigenvalue weighted by Gasteiger charge is -2.06. The number of halogens is 2. The molecule has 1 rings (SSSR count). The number of carboxylic acid groups (broad SMARTS) is 1. The maximum absolute atomic E-state index is 12.7. The van der Waals surface area contributed by atoms with Gasteiger partial charge in [0.2, 0.25) is 0 Å². The van der Waals surface area contributed by atoms with Crippen LogP contribution in [0.1, 0.15) is 5.56 Å². The number of rotatable bonds is 3. The Balaban J connectivity index is 2.78. The zero-order valence-corrected chi connectivity index (χ0v) is 7.96. The van der Waals surface area contributed by atoms with Crippen LogP contribution in [0.4, 0.5) is 4.39 Å². The smallest absolute Gasteiger partial charge is 0.320 e. The summed E-state index contributed by atoms with van der Waals surface area (Å²) in [7, 11) is 0. The summed E-state index contributed by atoms with van der Waals surface area (Å²) < 4.78 is 12.7. The third-order valence-electron chi connectivity index (χ3n) is 1.76. The summed E-state index contributed by atoms with van der Waals surface area (Å²) in [4.78, 5) is 10.4. The fraction of sp³-hybridized carbons (Fsp3) is 0.222. The Kier molecular flexibility index (Phi) is 3.43. The SMILES string of the molecule is N[C@H](Cc1ccc(F)c(Cl)c1)C(=O)O. The average molecular weight is 218 g/mol. The van der Waals surface area contributed by atoms with E-state index in [9.17, 15) is 9.18 Å². The summed E-state index contributed by atoms with van der Waals surface area (Å²) in [5.41, 5.74) is 5.90. The molecule has 0 saturated heterocycles. The molecule has 0 amide bonds. The quantitative estimate of drug-likeness (QED) is 0.805. The summed E-state index contributed by atoms with van der Waals surface area (Å²) in [6.07, 6.45) is 0.134. The van der Waals surface area contributed by atoms with Gasteiger partial charge in [-0.2, -0.15) is 0 Å². The van der Waals surface area contributed by atoms with Gasteiger partial charge in [0.1, 0.15) is 11.9 Å². The van der Waals surface area contributed by atoms with Crippen molar-refractivity contribution in [1.29, 1.82) is 0 Å². The molecule has 0 spiro atoms. The lowest BCUT2D eigenvalue weighted by Crippen LogP contribution is -2.32. The number of hydrogen-bond acceptors (Lipinski definition) is 2. The van der Waals surface area contributed by atoms with Gasteiger partial charge >= 0.3 is 5.97 Å². The molecule has 1 aromatic carbocycles. The van der Waals surface area contributed by atoms with E-state index in [0.717, 1.165) is 0 Å². The van der Waals surface area contributed by atoms with Gasteiger partial charge in [-0.25, -0.2) is 4.39 Å². The molecular weight excluding hydrogens is 209 g/mol. The molecule has 14 heavy (non-hydrogen) atoms. The topological polar surface area (TPSA) is 63.3 Å². The third kappa shape index (κ3) is 2.68. The lowest BCUT2D eigenvalue weighted by atomic mass is 10.1. The minimum atomic E-state index is -1.09. The van der Waals surface area contributed by atoms with Crippen LogP contribution in [0.3, 0.4) is 0 Å². The molecule has 0 heterocycles. The van der Waals surface area contributed by atoms with E-state index in [1.807, 2.05) is 0 Å². The summed E-state index contributed by atoms with van der Waals surface area (Å²) in [6.45, 7) is 0. The van der Waals surface area contributed by atoms with E-state index in [0.29, 0.717) is 5.56 Å². The Bertz CT molecular complexity index is 357. The standard InChI is InChI=1S/C9H9ClFNO2/c10-6-3-5(1-2-7(6)11)4-8(12)9(13)14/h1-3,8H,4,12H2,(H,13,14)/t8-/m1/s1. The van der Waals surface area contributed by atoms with Crippen LogP contribution < -0.4 is 5.73 Å². The van der Waals surface area contributed by atoms with E-state index >= 15 is 0 Å². The highest BCUT2D eigenvalue weighted by Gasteiger charge is 2.12. The Morgan fingerprint density at radius 3 is 2.79 bits per heavy atom. The third-order valence-corrected chi connectivity index (χ3v) is 2.05. The van der Waals surface area contributed by atoms with E-state index in [1.54, 1.807) is 0 Å². The Morgan fingerprint density at radius 1 is 1.64 bits per heavy atom. The van der Waals surface area contributed by atoms with Gasteiger partial charge in [-0.05, 0) is 24.1 Å². The molecule has 1 aromatic rings. The number of hydrogen-bond donors (Lipinski definition) is 2.